The summed E-state index contributed by atoms with van der Waals surface area (Å²) in [6, 6.07) is 0. The molecule has 94 valence electrons. The molecular weight excluding hydrogens is 202 g/mol. The number of carbonyl (C=O) groups excluding carboxylic acids is 1. The smallest absolute Gasteiger partial charge is 0.307 e. The van der Waals surface area contributed by atoms with Gasteiger partial charge in [0, 0.05) is 13.1 Å². The molecule has 1 unspecified atom stereocenters. The zero-order chi connectivity index (χ0) is 12.2. The van der Waals surface area contributed by atoms with E-state index in [4.69, 9.17) is 4.74 Å². The summed E-state index contributed by atoms with van der Waals surface area (Å²) >= 11 is 0. The van der Waals surface area contributed by atoms with Gasteiger partial charge in [-0.2, -0.15) is 0 Å². The lowest BCUT2D eigenvalue weighted by Crippen LogP contribution is -2.28. The molecule has 0 saturated carbocycles. The fraction of sp³-hybridized carbons (Fsp3) is 0.923. The molecule has 16 heavy (non-hydrogen) atoms. The number of carbonyl (C=O) groups is 1. The fourth-order valence-electron chi connectivity index (χ4n) is 2.23. The van der Waals surface area contributed by atoms with Crippen molar-refractivity contribution in [3.8, 4) is 0 Å². The van der Waals surface area contributed by atoms with E-state index in [9.17, 15) is 4.79 Å². The Morgan fingerprint density at radius 3 is 2.62 bits per heavy atom. The van der Waals surface area contributed by atoms with Crippen LogP contribution in [0.1, 0.15) is 40.5 Å². The molecule has 0 spiro atoms. The van der Waals surface area contributed by atoms with E-state index in [1.165, 1.54) is 6.42 Å². The maximum atomic E-state index is 11.2. The molecule has 1 atom stereocenters. The van der Waals surface area contributed by atoms with Crippen molar-refractivity contribution in [3.05, 3.63) is 0 Å². The second kappa shape index (κ2) is 5.67. The van der Waals surface area contributed by atoms with Crippen LogP contribution in [0.3, 0.4) is 0 Å². The predicted octanol–water partition coefficient (Wildman–Crippen LogP) is 2.31. The van der Waals surface area contributed by atoms with Crippen molar-refractivity contribution in [1.29, 1.82) is 0 Å². The van der Waals surface area contributed by atoms with Crippen LogP contribution in [-0.4, -0.2) is 37.1 Å². The van der Waals surface area contributed by atoms with E-state index in [1.807, 2.05) is 6.92 Å². The van der Waals surface area contributed by atoms with Gasteiger partial charge in [-0.3, -0.25) is 4.79 Å². The van der Waals surface area contributed by atoms with Crippen molar-refractivity contribution >= 4 is 5.97 Å². The summed E-state index contributed by atoms with van der Waals surface area (Å²) in [6.45, 7) is 12.3. The van der Waals surface area contributed by atoms with Crippen molar-refractivity contribution in [1.82, 2.24) is 4.90 Å². The summed E-state index contributed by atoms with van der Waals surface area (Å²) < 4.78 is 4.93. The van der Waals surface area contributed by atoms with Gasteiger partial charge in [0.15, 0.2) is 0 Å². The molecule has 0 aromatic heterocycles. The second-order valence-electron chi connectivity index (χ2n) is 5.71. The first-order valence-corrected chi connectivity index (χ1v) is 6.31. The number of hydrogen-bond acceptors (Lipinski definition) is 3. The zero-order valence-corrected chi connectivity index (χ0v) is 11.1. The Labute approximate surface area is 99.1 Å². The number of nitrogens with zero attached hydrogens (tertiary/aromatic N) is 1. The summed E-state index contributed by atoms with van der Waals surface area (Å²) in [5, 5.41) is 0. The minimum absolute atomic E-state index is 0.0679. The number of hydrogen-bond donors (Lipinski definition) is 0. The lowest BCUT2D eigenvalue weighted by Gasteiger charge is -2.27. The Kier molecular flexibility index (Phi) is 4.78. The third kappa shape index (κ3) is 4.12. The van der Waals surface area contributed by atoms with Gasteiger partial charge in [0.1, 0.15) is 0 Å². The topological polar surface area (TPSA) is 29.5 Å². The first-order valence-electron chi connectivity index (χ1n) is 6.31. The molecule has 1 heterocycles. The number of esters is 1. The molecule has 1 fully saturated rings. The number of rotatable bonds is 4. The molecule has 1 aliphatic heterocycles. The van der Waals surface area contributed by atoms with Gasteiger partial charge >= 0.3 is 5.97 Å². The van der Waals surface area contributed by atoms with E-state index in [1.54, 1.807) is 0 Å². The van der Waals surface area contributed by atoms with E-state index in [2.05, 4.69) is 25.7 Å². The average Bonchev–Trinajstić information content (AvgIpc) is 2.63. The lowest BCUT2D eigenvalue weighted by molar-refractivity contribution is -0.143. The Balaban J connectivity index is 2.24. The molecule has 0 N–H and O–H groups in total. The van der Waals surface area contributed by atoms with E-state index in [-0.39, 0.29) is 5.97 Å². The molecule has 0 aromatic carbocycles. The van der Waals surface area contributed by atoms with E-state index >= 15 is 0 Å². The van der Waals surface area contributed by atoms with Crippen molar-refractivity contribution in [2.75, 3.05) is 26.2 Å². The summed E-state index contributed by atoms with van der Waals surface area (Å²) in [5.41, 5.74) is 0.388. The van der Waals surface area contributed by atoms with Crippen LogP contribution in [0.25, 0.3) is 0 Å². The maximum absolute atomic E-state index is 11.2. The molecule has 3 nitrogen and oxygen atoms in total. The van der Waals surface area contributed by atoms with Crippen molar-refractivity contribution in [2.45, 2.75) is 40.5 Å². The quantitative estimate of drug-likeness (QED) is 0.690. The molecule has 1 rings (SSSR count). The van der Waals surface area contributed by atoms with Crippen LogP contribution < -0.4 is 0 Å². The van der Waals surface area contributed by atoms with Crippen LogP contribution in [0, 0.1) is 11.3 Å². The highest BCUT2D eigenvalue weighted by molar-refractivity contribution is 5.69. The van der Waals surface area contributed by atoms with Gasteiger partial charge in [-0.25, -0.2) is 0 Å². The SMILES string of the molecule is CCOC(=O)CCN1CCC(C(C)(C)C)C1. The van der Waals surface area contributed by atoms with E-state index < -0.39 is 0 Å². The van der Waals surface area contributed by atoms with Crippen LogP contribution >= 0.6 is 0 Å². The third-order valence-corrected chi connectivity index (χ3v) is 3.43. The van der Waals surface area contributed by atoms with Gasteiger partial charge in [-0.05, 0) is 31.2 Å². The summed E-state index contributed by atoms with van der Waals surface area (Å²) in [5.74, 6) is 0.691. The molecule has 0 aromatic rings. The summed E-state index contributed by atoms with van der Waals surface area (Å²) in [4.78, 5) is 13.6. The zero-order valence-electron chi connectivity index (χ0n) is 11.1. The first-order chi connectivity index (χ1) is 7.43. The van der Waals surface area contributed by atoms with E-state index in [0.29, 0.717) is 18.4 Å². The minimum atomic E-state index is -0.0679. The predicted molar refractivity (Wildman–Crippen MR) is 65.3 cm³/mol. The van der Waals surface area contributed by atoms with Crippen LogP contribution in [-0.2, 0) is 9.53 Å². The Bertz CT molecular complexity index is 233. The van der Waals surface area contributed by atoms with Crippen molar-refractivity contribution < 1.29 is 9.53 Å². The highest BCUT2D eigenvalue weighted by Crippen LogP contribution is 2.33. The largest absolute Gasteiger partial charge is 0.466 e. The molecule has 0 bridgehead atoms. The van der Waals surface area contributed by atoms with Crippen LogP contribution in [0.5, 0.6) is 0 Å². The number of likely N-dealkylation sites (tertiary alicyclic amines) is 1. The third-order valence-electron chi connectivity index (χ3n) is 3.43. The Hall–Kier alpha value is -0.570. The standard InChI is InChI=1S/C13H25NO2/c1-5-16-12(15)7-9-14-8-6-11(10-14)13(2,3)4/h11H,5-10H2,1-4H3. The molecule has 3 heteroatoms. The molecule has 0 amide bonds. The minimum Gasteiger partial charge on any atom is -0.466 e. The lowest BCUT2D eigenvalue weighted by atomic mass is 9.80. The van der Waals surface area contributed by atoms with Crippen LogP contribution in [0.15, 0.2) is 0 Å². The van der Waals surface area contributed by atoms with Gasteiger partial charge in [-0.15, -0.1) is 0 Å². The Morgan fingerprint density at radius 2 is 2.12 bits per heavy atom. The highest BCUT2D eigenvalue weighted by Gasteiger charge is 2.31. The van der Waals surface area contributed by atoms with Gasteiger partial charge in [-0.1, -0.05) is 20.8 Å². The highest BCUT2D eigenvalue weighted by atomic mass is 16.5. The monoisotopic (exact) mass is 227 g/mol. The molecular formula is C13H25NO2. The van der Waals surface area contributed by atoms with Crippen LogP contribution in [0.4, 0.5) is 0 Å². The van der Waals surface area contributed by atoms with E-state index in [0.717, 1.165) is 25.6 Å². The van der Waals surface area contributed by atoms with Crippen LogP contribution in [0.2, 0.25) is 0 Å². The normalized spacial score (nSPS) is 22.4. The second-order valence-corrected chi connectivity index (χ2v) is 5.71. The molecule has 0 aliphatic carbocycles. The maximum Gasteiger partial charge on any atom is 0.307 e. The average molecular weight is 227 g/mol. The van der Waals surface area contributed by atoms with Crippen molar-refractivity contribution in [3.63, 3.8) is 0 Å². The Morgan fingerprint density at radius 1 is 1.44 bits per heavy atom. The molecule has 0 radical (unpaired) electrons. The fourth-order valence-corrected chi connectivity index (χ4v) is 2.23. The molecule has 1 saturated heterocycles. The van der Waals surface area contributed by atoms with Gasteiger partial charge in [0.2, 0.25) is 0 Å². The van der Waals surface area contributed by atoms with Gasteiger partial charge in [0.05, 0.1) is 13.0 Å². The van der Waals surface area contributed by atoms with Gasteiger partial charge < -0.3 is 9.64 Å². The molecule has 1 aliphatic rings. The van der Waals surface area contributed by atoms with Gasteiger partial charge in [0.25, 0.3) is 0 Å². The summed E-state index contributed by atoms with van der Waals surface area (Å²) in [7, 11) is 0. The van der Waals surface area contributed by atoms with Crippen molar-refractivity contribution in [2.24, 2.45) is 11.3 Å². The summed E-state index contributed by atoms with van der Waals surface area (Å²) in [6.07, 6.45) is 1.79. The number of ether oxygens (including phenoxy) is 1. The first kappa shape index (κ1) is 13.5.